The normalized spacial score (nSPS) is 31.5. The van der Waals surface area contributed by atoms with Crippen molar-refractivity contribution >= 4 is 0 Å². The van der Waals surface area contributed by atoms with Crippen molar-refractivity contribution in [3.05, 3.63) is 0 Å². The second kappa shape index (κ2) is 5.55. The van der Waals surface area contributed by atoms with Crippen LogP contribution in [-0.2, 0) is 0 Å². The Hall–Kier alpha value is -0.480. The van der Waals surface area contributed by atoms with E-state index in [2.05, 4.69) is 66.0 Å². The summed E-state index contributed by atoms with van der Waals surface area (Å²) in [7, 11) is 0. The second-order valence-electron chi connectivity index (χ2n) is 10.1. The molecule has 2 N–H and O–H groups in total. The van der Waals surface area contributed by atoms with Crippen LogP contribution in [0.1, 0.15) is 81.1 Å². The SMILES string of the molecule is CC1(C)CC(N=NC2CC(C)(C)NC(C)(C)C2)CC(C)(C)N1. The Morgan fingerprint density at radius 3 is 1.00 bits per heavy atom. The van der Waals surface area contributed by atoms with Crippen molar-refractivity contribution in [3.63, 3.8) is 0 Å². The van der Waals surface area contributed by atoms with Gasteiger partial charge in [-0.2, -0.15) is 10.2 Å². The van der Waals surface area contributed by atoms with Gasteiger partial charge in [0.25, 0.3) is 0 Å². The molecule has 0 amide bonds. The highest BCUT2D eigenvalue weighted by atomic mass is 15.2. The summed E-state index contributed by atoms with van der Waals surface area (Å²) in [4.78, 5) is 0. The van der Waals surface area contributed by atoms with Crippen LogP contribution in [0.5, 0.6) is 0 Å². The van der Waals surface area contributed by atoms with Crippen LogP contribution in [0.15, 0.2) is 10.2 Å². The fourth-order valence-corrected chi connectivity index (χ4v) is 4.89. The summed E-state index contributed by atoms with van der Waals surface area (Å²) in [6.07, 6.45) is 4.27. The summed E-state index contributed by atoms with van der Waals surface area (Å²) in [5.41, 5.74) is 0.548. The molecule has 0 spiro atoms. The van der Waals surface area contributed by atoms with Crippen molar-refractivity contribution in [2.45, 2.75) is 115 Å². The van der Waals surface area contributed by atoms with Crippen molar-refractivity contribution in [1.82, 2.24) is 10.6 Å². The first kappa shape index (κ1) is 17.9. The maximum absolute atomic E-state index is 4.79. The third-order valence-corrected chi connectivity index (χ3v) is 4.73. The molecule has 22 heavy (non-hydrogen) atoms. The maximum atomic E-state index is 4.79. The van der Waals surface area contributed by atoms with Crippen LogP contribution in [0, 0.1) is 0 Å². The third kappa shape index (κ3) is 5.02. The van der Waals surface area contributed by atoms with Crippen molar-refractivity contribution in [2.75, 3.05) is 0 Å². The lowest BCUT2D eigenvalue weighted by molar-refractivity contribution is 0.147. The minimum Gasteiger partial charge on any atom is -0.307 e. The van der Waals surface area contributed by atoms with E-state index in [1.165, 1.54) is 0 Å². The lowest BCUT2D eigenvalue weighted by Gasteiger charge is -2.46. The van der Waals surface area contributed by atoms with Gasteiger partial charge in [-0.05, 0) is 81.1 Å². The summed E-state index contributed by atoms with van der Waals surface area (Å²) < 4.78 is 0. The second-order valence-corrected chi connectivity index (χ2v) is 10.1. The van der Waals surface area contributed by atoms with Gasteiger partial charge in [0.15, 0.2) is 0 Å². The zero-order valence-corrected chi connectivity index (χ0v) is 15.9. The monoisotopic (exact) mass is 308 g/mol. The van der Waals surface area contributed by atoms with Gasteiger partial charge >= 0.3 is 0 Å². The summed E-state index contributed by atoms with van der Waals surface area (Å²) in [6.45, 7) is 18.2. The van der Waals surface area contributed by atoms with Crippen LogP contribution in [0.4, 0.5) is 0 Å². The number of nitrogens with zero attached hydrogens (tertiary/aromatic N) is 2. The van der Waals surface area contributed by atoms with Gasteiger partial charge in [0.2, 0.25) is 0 Å². The summed E-state index contributed by atoms with van der Waals surface area (Å²) in [6, 6.07) is 0.680. The molecule has 0 saturated carbocycles. The number of piperidine rings is 2. The summed E-state index contributed by atoms with van der Waals surface area (Å²) in [5.74, 6) is 0. The minimum absolute atomic E-state index is 0.137. The highest BCUT2D eigenvalue weighted by molar-refractivity contribution is 5.01. The van der Waals surface area contributed by atoms with Gasteiger partial charge in [-0.3, -0.25) is 0 Å². The van der Waals surface area contributed by atoms with Gasteiger partial charge in [-0.15, -0.1) is 0 Å². The molecular weight excluding hydrogens is 272 g/mol. The minimum atomic E-state index is 0.137. The highest BCUT2D eigenvalue weighted by Crippen LogP contribution is 2.33. The smallest absolute Gasteiger partial charge is 0.0743 e. The lowest BCUT2D eigenvalue weighted by Crippen LogP contribution is -2.59. The van der Waals surface area contributed by atoms with Crippen LogP contribution in [0.25, 0.3) is 0 Å². The van der Waals surface area contributed by atoms with E-state index in [4.69, 9.17) is 10.2 Å². The molecule has 0 bridgehead atoms. The predicted molar refractivity (Wildman–Crippen MR) is 93.5 cm³/mol. The van der Waals surface area contributed by atoms with Crippen LogP contribution >= 0.6 is 0 Å². The van der Waals surface area contributed by atoms with Gasteiger partial charge in [0, 0.05) is 22.2 Å². The molecule has 2 heterocycles. The van der Waals surface area contributed by atoms with E-state index in [1.807, 2.05) is 0 Å². The number of hydrogen-bond acceptors (Lipinski definition) is 4. The Kier molecular flexibility index (Phi) is 4.51. The van der Waals surface area contributed by atoms with Crippen LogP contribution < -0.4 is 10.6 Å². The fourth-order valence-electron chi connectivity index (χ4n) is 4.89. The molecule has 0 atom stereocenters. The predicted octanol–water partition coefficient (Wildman–Crippen LogP) is 4.06. The Labute approximate surface area is 136 Å². The highest BCUT2D eigenvalue weighted by Gasteiger charge is 2.40. The number of nitrogens with one attached hydrogen (secondary N) is 2. The molecule has 2 rings (SSSR count). The Morgan fingerprint density at radius 2 is 0.773 bits per heavy atom. The van der Waals surface area contributed by atoms with E-state index >= 15 is 0 Å². The van der Waals surface area contributed by atoms with E-state index in [-0.39, 0.29) is 22.2 Å². The Bertz CT molecular complexity index is 362. The molecule has 0 radical (unpaired) electrons. The molecule has 0 aromatic carbocycles. The quantitative estimate of drug-likeness (QED) is 0.756. The fraction of sp³-hybridized carbons (Fsp3) is 1.00. The third-order valence-electron chi connectivity index (χ3n) is 4.73. The Balaban J connectivity index is 2.05. The van der Waals surface area contributed by atoms with Crippen LogP contribution in [0.2, 0.25) is 0 Å². The topological polar surface area (TPSA) is 48.8 Å². The number of hydrogen-bond donors (Lipinski definition) is 2. The van der Waals surface area contributed by atoms with Crippen molar-refractivity contribution < 1.29 is 0 Å². The molecule has 2 fully saturated rings. The largest absolute Gasteiger partial charge is 0.307 e. The molecule has 4 nitrogen and oxygen atoms in total. The molecule has 2 saturated heterocycles. The summed E-state index contributed by atoms with van der Waals surface area (Å²) >= 11 is 0. The average Bonchev–Trinajstić information content (AvgIpc) is 2.17. The van der Waals surface area contributed by atoms with Crippen LogP contribution in [-0.4, -0.2) is 34.2 Å². The number of rotatable bonds is 2. The van der Waals surface area contributed by atoms with E-state index in [9.17, 15) is 0 Å². The average molecular weight is 309 g/mol. The zero-order chi connectivity index (χ0) is 16.8. The van der Waals surface area contributed by atoms with Crippen molar-refractivity contribution in [3.8, 4) is 0 Å². The standard InChI is InChI=1S/C18H36N4/c1-15(2)9-13(10-16(3,4)21-15)19-20-14-11-17(5,6)22-18(7,8)12-14/h13-14,21-22H,9-12H2,1-8H3. The first-order valence-corrected chi connectivity index (χ1v) is 8.76. The number of azo groups is 1. The molecule has 2 aliphatic heterocycles. The molecule has 2 aliphatic rings. The van der Waals surface area contributed by atoms with Crippen LogP contribution in [0.3, 0.4) is 0 Å². The molecule has 0 aromatic heterocycles. The Morgan fingerprint density at radius 1 is 0.545 bits per heavy atom. The van der Waals surface area contributed by atoms with E-state index in [0.717, 1.165) is 25.7 Å². The maximum Gasteiger partial charge on any atom is 0.0743 e. The zero-order valence-electron chi connectivity index (χ0n) is 15.9. The molecule has 0 aromatic rings. The molecule has 128 valence electrons. The molecular formula is C18H36N4. The summed E-state index contributed by atoms with van der Waals surface area (Å²) in [5, 5.41) is 17.0. The van der Waals surface area contributed by atoms with Gasteiger partial charge in [0.1, 0.15) is 0 Å². The van der Waals surface area contributed by atoms with E-state index < -0.39 is 0 Å². The molecule has 4 heteroatoms. The van der Waals surface area contributed by atoms with Crippen molar-refractivity contribution in [1.29, 1.82) is 0 Å². The first-order valence-electron chi connectivity index (χ1n) is 8.76. The van der Waals surface area contributed by atoms with Gasteiger partial charge in [0.05, 0.1) is 12.1 Å². The molecule has 0 unspecified atom stereocenters. The van der Waals surface area contributed by atoms with E-state index in [0.29, 0.717) is 12.1 Å². The van der Waals surface area contributed by atoms with E-state index in [1.54, 1.807) is 0 Å². The van der Waals surface area contributed by atoms with Gasteiger partial charge in [-0.1, -0.05) is 0 Å². The first-order chi connectivity index (χ1) is 9.78. The lowest BCUT2D eigenvalue weighted by atomic mass is 9.79. The van der Waals surface area contributed by atoms with Gasteiger partial charge in [-0.25, -0.2) is 0 Å². The van der Waals surface area contributed by atoms with Crippen molar-refractivity contribution in [2.24, 2.45) is 10.2 Å². The van der Waals surface area contributed by atoms with Gasteiger partial charge < -0.3 is 10.6 Å². The molecule has 0 aliphatic carbocycles.